The number of halogens is 1. The molecule has 0 amide bonds. The molecule has 126 valence electrons. The van der Waals surface area contributed by atoms with Gasteiger partial charge in [-0.3, -0.25) is 0 Å². The number of hydrogen-bond acceptors (Lipinski definition) is 3. The van der Waals surface area contributed by atoms with Gasteiger partial charge in [0.1, 0.15) is 0 Å². The molecular weight excluding hydrogens is 298 g/mol. The van der Waals surface area contributed by atoms with Gasteiger partial charge in [-0.1, -0.05) is 31.9 Å². The van der Waals surface area contributed by atoms with Crippen molar-refractivity contribution in [3.63, 3.8) is 0 Å². The maximum atomic E-state index is 5.73. The summed E-state index contributed by atoms with van der Waals surface area (Å²) in [6.07, 6.45) is 6.44. The Balaban J connectivity index is 0.00000441. The zero-order chi connectivity index (χ0) is 15.5. The lowest BCUT2D eigenvalue weighted by molar-refractivity contribution is 0.308. The quantitative estimate of drug-likeness (QED) is 0.478. The second-order valence-corrected chi connectivity index (χ2v) is 5.10. The van der Waals surface area contributed by atoms with Gasteiger partial charge in [0.15, 0.2) is 11.5 Å². The van der Waals surface area contributed by atoms with Crippen LogP contribution >= 0.6 is 12.4 Å². The Bertz CT molecular complexity index is 435. The molecule has 4 heteroatoms. The van der Waals surface area contributed by atoms with Crippen LogP contribution in [0.4, 0.5) is 0 Å². The van der Waals surface area contributed by atoms with Crippen molar-refractivity contribution in [2.45, 2.75) is 46.1 Å². The van der Waals surface area contributed by atoms with Crippen LogP contribution in [-0.4, -0.2) is 20.3 Å². The number of nitrogens with one attached hydrogen (secondary N) is 1. The van der Waals surface area contributed by atoms with E-state index in [2.05, 4.69) is 31.0 Å². The van der Waals surface area contributed by atoms with Crippen molar-refractivity contribution in [2.75, 3.05) is 20.3 Å². The van der Waals surface area contributed by atoms with E-state index in [4.69, 9.17) is 9.47 Å². The maximum absolute atomic E-state index is 5.73. The second-order valence-electron chi connectivity index (χ2n) is 5.10. The van der Waals surface area contributed by atoms with E-state index in [1.165, 1.54) is 24.8 Å². The first-order chi connectivity index (χ1) is 10.3. The van der Waals surface area contributed by atoms with E-state index in [9.17, 15) is 0 Å². The number of ether oxygens (including phenoxy) is 2. The van der Waals surface area contributed by atoms with Crippen LogP contribution in [0.3, 0.4) is 0 Å². The first kappa shape index (κ1) is 20.8. The van der Waals surface area contributed by atoms with Gasteiger partial charge in [-0.25, -0.2) is 0 Å². The molecule has 1 rings (SSSR count). The van der Waals surface area contributed by atoms with Crippen LogP contribution in [0, 0.1) is 0 Å². The SMILES string of the molecule is C=CCc1cc(CNCCCCC)cc(OC)c1OCC.Cl. The molecule has 1 N–H and O–H groups in total. The third-order valence-electron chi connectivity index (χ3n) is 3.35. The van der Waals surface area contributed by atoms with Crippen LogP contribution in [0.15, 0.2) is 24.8 Å². The lowest BCUT2D eigenvalue weighted by atomic mass is 10.1. The monoisotopic (exact) mass is 327 g/mol. The molecule has 0 aliphatic rings. The molecule has 0 radical (unpaired) electrons. The number of unbranched alkanes of at least 4 members (excludes halogenated alkanes) is 2. The van der Waals surface area contributed by atoms with E-state index in [1.807, 2.05) is 13.0 Å². The minimum Gasteiger partial charge on any atom is -0.493 e. The van der Waals surface area contributed by atoms with Gasteiger partial charge in [0, 0.05) is 12.1 Å². The smallest absolute Gasteiger partial charge is 0.164 e. The van der Waals surface area contributed by atoms with Crippen LogP contribution < -0.4 is 14.8 Å². The minimum atomic E-state index is 0. The van der Waals surface area contributed by atoms with Crippen molar-refractivity contribution in [1.82, 2.24) is 5.32 Å². The summed E-state index contributed by atoms with van der Waals surface area (Å²) in [5, 5.41) is 3.49. The number of allylic oxidation sites excluding steroid dienone is 1. The van der Waals surface area contributed by atoms with E-state index < -0.39 is 0 Å². The van der Waals surface area contributed by atoms with Gasteiger partial charge in [-0.05, 0) is 37.9 Å². The highest BCUT2D eigenvalue weighted by Crippen LogP contribution is 2.33. The van der Waals surface area contributed by atoms with Crippen LogP contribution in [0.1, 0.15) is 44.2 Å². The molecule has 0 atom stereocenters. The van der Waals surface area contributed by atoms with Crippen molar-refractivity contribution in [2.24, 2.45) is 0 Å². The summed E-state index contributed by atoms with van der Waals surface area (Å²) < 4.78 is 11.2. The van der Waals surface area contributed by atoms with Gasteiger partial charge in [0.25, 0.3) is 0 Å². The molecule has 1 aromatic carbocycles. The highest BCUT2D eigenvalue weighted by atomic mass is 35.5. The highest BCUT2D eigenvalue weighted by Gasteiger charge is 2.12. The minimum absolute atomic E-state index is 0. The molecule has 3 nitrogen and oxygen atoms in total. The van der Waals surface area contributed by atoms with Gasteiger partial charge in [-0.15, -0.1) is 19.0 Å². The second kappa shape index (κ2) is 12.4. The van der Waals surface area contributed by atoms with Gasteiger partial charge >= 0.3 is 0 Å². The Morgan fingerprint density at radius 1 is 1.23 bits per heavy atom. The van der Waals surface area contributed by atoms with Crippen molar-refractivity contribution in [3.05, 3.63) is 35.9 Å². The molecule has 0 unspecified atom stereocenters. The predicted molar refractivity (Wildman–Crippen MR) is 96.5 cm³/mol. The summed E-state index contributed by atoms with van der Waals surface area (Å²) in [5.74, 6) is 1.65. The lowest BCUT2D eigenvalue weighted by Gasteiger charge is -2.16. The van der Waals surface area contributed by atoms with Crippen molar-refractivity contribution < 1.29 is 9.47 Å². The fraction of sp³-hybridized carbons (Fsp3) is 0.556. The van der Waals surface area contributed by atoms with Crippen LogP contribution in [0.5, 0.6) is 11.5 Å². The molecule has 0 aromatic heterocycles. The third-order valence-corrected chi connectivity index (χ3v) is 3.35. The summed E-state index contributed by atoms with van der Waals surface area (Å²) in [6, 6.07) is 4.24. The van der Waals surface area contributed by atoms with Gasteiger partial charge in [0.05, 0.1) is 13.7 Å². The molecule has 0 fully saturated rings. The van der Waals surface area contributed by atoms with Crippen molar-refractivity contribution in [3.8, 4) is 11.5 Å². The molecule has 0 saturated carbocycles. The molecule has 0 aliphatic carbocycles. The predicted octanol–water partition coefficient (Wildman–Crippen LogP) is 4.52. The summed E-state index contributed by atoms with van der Waals surface area (Å²) in [7, 11) is 1.69. The average molecular weight is 328 g/mol. The zero-order valence-electron chi connectivity index (χ0n) is 14.1. The first-order valence-electron chi connectivity index (χ1n) is 7.90. The number of benzene rings is 1. The van der Waals surface area contributed by atoms with E-state index in [0.717, 1.165) is 36.6 Å². The van der Waals surface area contributed by atoms with Crippen LogP contribution in [0.25, 0.3) is 0 Å². The Labute approximate surface area is 141 Å². The maximum Gasteiger partial charge on any atom is 0.164 e. The molecule has 1 aromatic rings. The molecule has 0 saturated heterocycles. The van der Waals surface area contributed by atoms with Gasteiger partial charge < -0.3 is 14.8 Å². The summed E-state index contributed by atoms with van der Waals surface area (Å²) in [6.45, 7) is 10.6. The Kier molecular flexibility index (Phi) is 11.7. The molecule has 0 heterocycles. The largest absolute Gasteiger partial charge is 0.493 e. The Morgan fingerprint density at radius 2 is 2.00 bits per heavy atom. The van der Waals surface area contributed by atoms with E-state index >= 15 is 0 Å². The lowest BCUT2D eigenvalue weighted by Crippen LogP contribution is -2.15. The Hall–Kier alpha value is -1.19. The average Bonchev–Trinajstić information content (AvgIpc) is 2.49. The molecule has 0 spiro atoms. The number of hydrogen-bond donors (Lipinski definition) is 1. The van der Waals surface area contributed by atoms with Gasteiger partial charge in [-0.2, -0.15) is 0 Å². The summed E-state index contributed by atoms with van der Waals surface area (Å²) in [4.78, 5) is 0. The standard InChI is InChI=1S/C18H29NO2.ClH/c1-5-8-9-11-19-14-15-12-16(10-6-2)18(21-7-3)17(13-15)20-4;/h6,12-13,19H,2,5,7-11,14H2,1,3-4H3;1H. The number of rotatable bonds is 11. The fourth-order valence-electron chi connectivity index (χ4n) is 2.32. The topological polar surface area (TPSA) is 30.5 Å². The zero-order valence-corrected chi connectivity index (χ0v) is 14.9. The Morgan fingerprint density at radius 3 is 2.59 bits per heavy atom. The molecule has 0 bridgehead atoms. The summed E-state index contributed by atoms with van der Waals surface area (Å²) in [5.41, 5.74) is 2.36. The first-order valence-corrected chi connectivity index (χ1v) is 7.90. The highest BCUT2D eigenvalue weighted by molar-refractivity contribution is 5.85. The fourth-order valence-corrected chi connectivity index (χ4v) is 2.32. The van der Waals surface area contributed by atoms with Crippen LogP contribution in [-0.2, 0) is 13.0 Å². The third kappa shape index (κ3) is 6.71. The molecule has 0 aliphatic heterocycles. The molecule has 22 heavy (non-hydrogen) atoms. The van der Waals surface area contributed by atoms with E-state index in [0.29, 0.717) is 6.61 Å². The van der Waals surface area contributed by atoms with Crippen molar-refractivity contribution >= 4 is 12.4 Å². The number of methoxy groups -OCH3 is 1. The van der Waals surface area contributed by atoms with Gasteiger partial charge in [0.2, 0.25) is 0 Å². The van der Waals surface area contributed by atoms with Crippen LogP contribution in [0.2, 0.25) is 0 Å². The van der Waals surface area contributed by atoms with E-state index in [1.54, 1.807) is 7.11 Å². The molecular formula is C18H30ClNO2. The normalized spacial score (nSPS) is 9.95. The summed E-state index contributed by atoms with van der Waals surface area (Å²) >= 11 is 0. The van der Waals surface area contributed by atoms with Crippen molar-refractivity contribution in [1.29, 1.82) is 0 Å². The van der Waals surface area contributed by atoms with E-state index in [-0.39, 0.29) is 12.4 Å².